The minimum atomic E-state index is -2.59. The predicted octanol–water partition coefficient (Wildman–Crippen LogP) is 4.43. The molecule has 114 valence electrons. The molecule has 3 aromatic rings. The van der Waals surface area contributed by atoms with E-state index in [4.69, 9.17) is 0 Å². The smallest absolute Gasteiger partial charge is 0.181 e. The Kier molecular flexibility index (Phi) is 4.54. The average molecular weight is 318 g/mol. The molecule has 0 aliphatic carbocycles. The van der Waals surface area contributed by atoms with Crippen molar-refractivity contribution in [2.75, 3.05) is 0 Å². The van der Waals surface area contributed by atoms with Crippen molar-refractivity contribution in [2.45, 2.75) is 6.55 Å². The van der Waals surface area contributed by atoms with Crippen molar-refractivity contribution >= 4 is 24.5 Å². The minimum Gasteiger partial charge on any atom is -0.216 e. The maximum atomic E-state index is 15.4. The molecule has 0 fully saturated rings. The molecule has 0 nitrogen and oxygen atoms in total. The van der Waals surface area contributed by atoms with Gasteiger partial charge in [-0.25, -0.2) is 4.39 Å². The molecule has 0 bridgehead atoms. The van der Waals surface area contributed by atoms with E-state index in [1.54, 1.807) is 6.08 Å². The lowest BCUT2D eigenvalue weighted by Gasteiger charge is -2.27. The van der Waals surface area contributed by atoms with Crippen molar-refractivity contribution in [2.24, 2.45) is 0 Å². The fraction of sp³-hybridized carbons (Fsp3) is 0.0476. The molecule has 3 rings (SSSR count). The average Bonchev–Trinajstić information content (AvgIpc) is 2.63. The highest BCUT2D eigenvalue weighted by Gasteiger charge is 2.37. The second-order valence-electron chi connectivity index (χ2n) is 5.76. The first kappa shape index (κ1) is 15.4. The van der Waals surface area contributed by atoms with Crippen molar-refractivity contribution in [1.82, 2.24) is 0 Å². The summed E-state index contributed by atoms with van der Waals surface area (Å²) >= 11 is 0. The summed E-state index contributed by atoms with van der Waals surface area (Å²) in [7, 11) is -2.59. The molecular weight excluding hydrogens is 299 g/mol. The van der Waals surface area contributed by atoms with E-state index >= 15 is 4.39 Å². The van der Waals surface area contributed by atoms with Crippen LogP contribution in [0.3, 0.4) is 0 Å². The lowest BCUT2D eigenvalue weighted by molar-refractivity contribution is 0.692. The van der Waals surface area contributed by atoms with Crippen molar-refractivity contribution in [3.05, 3.63) is 102 Å². The van der Waals surface area contributed by atoms with Gasteiger partial charge in [-0.3, -0.25) is 0 Å². The molecule has 0 radical (unpaired) electrons. The van der Waals surface area contributed by atoms with Crippen molar-refractivity contribution in [3.8, 4) is 0 Å². The van der Waals surface area contributed by atoms with Gasteiger partial charge in [-0.2, -0.15) is 0 Å². The first-order valence-electron chi connectivity index (χ1n) is 7.75. The number of halogens is 1. The van der Waals surface area contributed by atoms with E-state index in [-0.39, 0.29) is 5.45 Å². The molecule has 0 unspecified atom stereocenters. The molecule has 3 aromatic carbocycles. The van der Waals surface area contributed by atoms with Gasteiger partial charge in [0.15, 0.2) is 8.07 Å². The van der Waals surface area contributed by atoms with Crippen LogP contribution in [0.5, 0.6) is 0 Å². The van der Waals surface area contributed by atoms with Crippen molar-refractivity contribution < 1.29 is 4.39 Å². The molecule has 23 heavy (non-hydrogen) atoms. The Hall–Kier alpha value is -2.45. The highest BCUT2D eigenvalue weighted by Crippen LogP contribution is 2.20. The van der Waals surface area contributed by atoms with E-state index in [0.29, 0.717) is 0 Å². The zero-order valence-corrected chi connectivity index (χ0v) is 14.1. The highest BCUT2D eigenvalue weighted by atomic mass is 28.3. The molecule has 0 aliphatic heterocycles. The van der Waals surface area contributed by atoms with E-state index < -0.39 is 8.07 Å². The Morgan fingerprint density at radius 2 is 1.09 bits per heavy atom. The zero-order valence-electron chi connectivity index (χ0n) is 13.1. The maximum absolute atomic E-state index is 15.4. The third-order valence-corrected chi connectivity index (χ3v) is 8.35. The summed E-state index contributed by atoms with van der Waals surface area (Å²) in [5.41, 5.74) is 0.872. The van der Waals surface area contributed by atoms with E-state index in [0.717, 1.165) is 15.9 Å². The van der Waals surface area contributed by atoms with Gasteiger partial charge in [0.1, 0.15) is 0 Å². The second-order valence-corrected chi connectivity index (χ2v) is 9.64. The molecule has 0 spiro atoms. The van der Waals surface area contributed by atoms with Gasteiger partial charge in [-0.15, -0.1) is 0 Å². The highest BCUT2D eigenvalue weighted by molar-refractivity contribution is 7.06. The summed E-state index contributed by atoms with van der Waals surface area (Å²) in [5.74, 6) is 0. The molecule has 0 atom stereocenters. The number of rotatable bonds is 4. The fourth-order valence-electron chi connectivity index (χ4n) is 2.83. The largest absolute Gasteiger partial charge is 0.216 e. The van der Waals surface area contributed by atoms with Crippen LogP contribution in [0.2, 0.25) is 6.55 Å². The summed E-state index contributed by atoms with van der Waals surface area (Å²) in [4.78, 5) is 0. The van der Waals surface area contributed by atoms with Gasteiger partial charge in [0.05, 0.1) is 5.45 Å². The van der Waals surface area contributed by atoms with Crippen LogP contribution in [0, 0.1) is 0 Å². The molecule has 0 aromatic heterocycles. The molecular formula is C21H19FSi. The molecule has 0 saturated heterocycles. The summed E-state index contributed by atoms with van der Waals surface area (Å²) in [6.45, 7) is 2.08. The normalized spacial score (nSPS) is 12.2. The molecule has 0 heterocycles. The standard InChI is InChI=1S/C21H19FSi/c1-23(19-13-7-3-8-14-19,20-15-9-4-10-16-20)21(22)17-18-11-5-2-6-12-18/h2-17H,1H3/b21-17+. The van der Waals surface area contributed by atoms with Crippen LogP contribution in [0.1, 0.15) is 5.56 Å². The summed E-state index contributed by atoms with van der Waals surface area (Å²) in [6, 6.07) is 29.7. The minimum absolute atomic E-state index is 0.0268. The lowest BCUT2D eigenvalue weighted by atomic mass is 10.2. The van der Waals surface area contributed by atoms with Gasteiger partial charge in [0, 0.05) is 0 Å². The lowest BCUT2D eigenvalue weighted by Crippen LogP contribution is -2.56. The van der Waals surface area contributed by atoms with Crippen LogP contribution >= 0.6 is 0 Å². The summed E-state index contributed by atoms with van der Waals surface area (Å²) < 4.78 is 15.4. The van der Waals surface area contributed by atoms with E-state index in [9.17, 15) is 0 Å². The van der Waals surface area contributed by atoms with Gasteiger partial charge in [-0.05, 0) is 22.0 Å². The third kappa shape index (κ3) is 3.17. The first-order valence-corrected chi connectivity index (χ1v) is 10.2. The van der Waals surface area contributed by atoms with Gasteiger partial charge in [-0.1, -0.05) is 97.5 Å². The first-order chi connectivity index (χ1) is 11.2. The Labute approximate surface area is 137 Å². The van der Waals surface area contributed by atoms with Crippen LogP contribution in [0.15, 0.2) is 96.4 Å². The van der Waals surface area contributed by atoms with E-state index in [2.05, 4.69) is 6.55 Å². The molecule has 0 aliphatic rings. The van der Waals surface area contributed by atoms with Crippen LogP contribution in [0.4, 0.5) is 4.39 Å². The Morgan fingerprint density at radius 1 is 0.696 bits per heavy atom. The van der Waals surface area contributed by atoms with Gasteiger partial charge in [0.2, 0.25) is 0 Å². The molecule has 2 heteroatoms. The fourth-order valence-corrected chi connectivity index (χ4v) is 5.88. The Bertz CT molecular complexity index is 740. The zero-order chi connectivity index (χ0) is 16.1. The number of benzene rings is 3. The quantitative estimate of drug-likeness (QED) is 0.624. The Morgan fingerprint density at radius 3 is 1.52 bits per heavy atom. The number of hydrogen-bond donors (Lipinski definition) is 0. The third-order valence-electron chi connectivity index (χ3n) is 4.27. The van der Waals surface area contributed by atoms with E-state index in [1.165, 1.54) is 0 Å². The Balaban J connectivity index is 2.15. The SMILES string of the molecule is C[Si](/C(F)=C/c1ccccc1)(c1ccccc1)c1ccccc1. The topological polar surface area (TPSA) is 0 Å². The van der Waals surface area contributed by atoms with Gasteiger partial charge in [0.25, 0.3) is 0 Å². The van der Waals surface area contributed by atoms with Crippen LogP contribution in [0.25, 0.3) is 6.08 Å². The van der Waals surface area contributed by atoms with E-state index in [1.807, 2.05) is 91.0 Å². The van der Waals surface area contributed by atoms with Crippen molar-refractivity contribution in [3.63, 3.8) is 0 Å². The predicted molar refractivity (Wildman–Crippen MR) is 99.3 cm³/mol. The summed E-state index contributed by atoms with van der Waals surface area (Å²) in [6.07, 6.45) is 1.69. The van der Waals surface area contributed by atoms with Crippen molar-refractivity contribution in [1.29, 1.82) is 0 Å². The van der Waals surface area contributed by atoms with Gasteiger partial charge >= 0.3 is 0 Å². The molecule has 0 saturated carbocycles. The number of hydrogen-bond acceptors (Lipinski definition) is 0. The summed E-state index contributed by atoms with van der Waals surface area (Å²) in [5, 5.41) is 2.16. The molecule has 0 N–H and O–H groups in total. The second kappa shape index (κ2) is 6.76. The van der Waals surface area contributed by atoms with Gasteiger partial charge < -0.3 is 0 Å². The van der Waals surface area contributed by atoms with Crippen LogP contribution in [-0.4, -0.2) is 8.07 Å². The van der Waals surface area contributed by atoms with Crippen LogP contribution in [-0.2, 0) is 0 Å². The maximum Gasteiger partial charge on any atom is 0.181 e. The van der Waals surface area contributed by atoms with Crippen LogP contribution < -0.4 is 10.4 Å². The monoisotopic (exact) mass is 318 g/mol. The molecule has 0 amide bonds.